The maximum atomic E-state index is 10.2. The van der Waals surface area contributed by atoms with Gasteiger partial charge < -0.3 is 15.0 Å². The number of fused-ring (bicyclic) bond motifs is 1. The summed E-state index contributed by atoms with van der Waals surface area (Å²) in [5.74, 6) is 0.0456. The number of thiocarbonyl (C=S) groups is 1. The summed E-state index contributed by atoms with van der Waals surface area (Å²) >= 11 is 11.0. The smallest absolute Gasteiger partial charge is 0.220 e. The van der Waals surface area contributed by atoms with Crippen LogP contribution in [0.3, 0.4) is 0 Å². The van der Waals surface area contributed by atoms with Gasteiger partial charge in [0.1, 0.15) is 0 Å². The Balaban J connectivity index is 1.84. The van der Waals surface area contributed by atoms with Crippen molar-refractivity contribution >= 4 is 51.2 Å². The van der Waals surface area contributed by atoms with Crippen molar-refractivity contribution in [1.82, 2.24) is 4.57 Å². The molecule has 3 aromatic rings. The molecule has 0 spiro atoms. The second kappa shape index (κ2) is 6.36. The lowest BCUT2D eigenvalue weighted by Crippen LogP contribution is -2.04. The molecule has 0 aliphatic rings. The lowest BCUT2D eigenvalue weighted by Gasteiger charge is -2.02. The molecule has 0 radical (unpaired) electrons. The van der Waals surface area contributed by atoms with Gasteiger partial charge in [-0.05, 0) is 42.5 Å². The number of nitrogens with zero attached hydrogens (tertiary/aromatic N) is 3. The molecule has 2 N–H and O–H groups in total. The molecule has 0 unspecified atom stereocenters. The SMILES string of the molecule is Cn1c(O)c(N=NC(=S)Nc2ccc(Cl)cc2)c2ccccc21. The van der Waals surface area contributed by atoms with Crippen LogP contribution in [0.4, 0.5) is 11.4 Å². The van der Waals surface area contributed by atoms with Gasteiger partial charge in [-0.15, -0.1) is 10.2 Å². The highest BCUT2D eigenvalue weighted by Gasteiger charge is 2.13. The van der Waals surface area contributed by atoms with Gasteiger partial charge in [-0.3, -0.25) is 0 Å². The zero-order valence-corrected chi connectivity index (χ0v) is 13.8. The molecule has 0 saturated carbocycles. The predicted molar refractivity (Wildman–Crippen MR) is 96.8 cm³/mol. The van der Waals surface area contributed by atoms with Gasteiger partial charge in [0.25, 0.3) is 0 Å². The van der Waals surface area contributed by atoms with E-state index in [0.717, 1.165) is 16.6 Å². The van der Waals surface area contributed by atoms with E-state index in [1.807, 2.05) is 24.3 Å². The molecule has 0 bridgehead atoms. The van der Waals surface area contributed by atoms with Gasteiger partial charge >= 0.3 is 0 Å². The highest BCUT2D eigenvalue weighted by atomic mass is 35.5. The highest BCUT2D eigenvalue weighted by Crippen LogP contribution is 2.37. The summed E-state index contributed by atoms with van der Waals surface area (Å²) in [6.45, 7) is 0. The molecule has 2 aromatic carbocycles. The first-order valence-electron chi connectivity index (χ1n) is 6.81. The Morgan fingerprint density at radius 1 is 1.17 bits per heavy atom. The molecule has 0 aliphatic carbocycles. The van der Waals surface area contributed by atoms with Crippen molar-refractivity contribution in [2.45, 2.75) is 0 Å². The van der Waals surface area contributed by atoms with Crippen molar-refractivity contribution in [3.05, 3.63) is 53.6 Å². The van der Waals surface area contributed by atoms with E-state index in [4.69, 9.17) is 23.8 Å². The molecule has 1 aromatic heterocycles. The van der Waals surface area contributed by atoms with Crippen molar-refractivity contribution < 1.29 is 5.11 Å². The average molecular weight is 345 g/mol. The lowest BCUT2D eigenvalue weighted by atomic mass is 10.2. The Hall–Kier alpha value is -2.44. The summed E-state index contributed by atoms with van der Waals surface area (Å²) in [4.78, 5) is 0. The second-order valence-electron chi connectivity index (χ2n) is 4.89. The third-order valence-corrected chi connectivity index (χ3v) is 3.82. The molecule has 0 saturated heterocycles. The van der Waals surface area contributed by atoms with Gasteiger partial charge in [0.05, 0.1) is 5.52 Å². The van der Waals surface area contributed by atoms with Crippen molar-refractivity contribution in [3.63, 3.8) is 0 Å². The molecular weight excluding hydrogens is 332 g/mol. The van der Waals surface area contributed by atoms with E-state index in [9.17, 15) is 5.11 Å². The van der Waals surface area contributed by atoms with Crippen molar-refractivity contribution in [2.24, 2.45) is 17.3 Å². The minimum absolute atomic E-state index is 0.0456. The minimum atomic E-state index is 0.0456. The summed E-state index contributed by atoms with van der Waals surface area (Å²) in [7, 11) is 1.76. The van der Waals surface area contributed by atoms with Gasteiger partial charge in [-0.25, -0.2) is 0 Å². The van der Waals surface area contributed by atoms with Crippen LogP contribution >= 0.6 is 23.8 Å². The minimum Gasteiger partial charge on any atom is -0.493 e. The first-order chi connectivity index (χ1) is 11.1. The normalized spacial score (nSPS) is 11.2. The summed E-state index contributed by atoms with van der Waals surface area (Å²) < 4.78 is 1.65. The van der Waals surface area contributed by atoms with Crippen LogP contribution in [0.25, 0.3) is 10.9 Å². The number of benzene rings is 2. The molecule has 1 heterocycles. The molecule has 3 rings (SSSR count). The van der Waals surface area contributed by atoms with Crippen LogP contribution in [0.5, 0.6) is 5.88 Å². The third kappa shape index (κ3) is 3.18. The Labute approximate surface area is 143 Å². The molecule has 23 heavy (non-hydrogen) atoms. The molecule has 7 heteroatoms. The molecule has 0 atom stereocenters. The molecule has 0 aliphatic heterocycles. The zero-order valence-electron chi connectivity index (χ0n) is 12.2. The number of aromatic nitrogens is 1. The quantitative estimate of drug-likeness (QED) is 0.507. The maximum Gasteiger partial charge on any atom is 0.220 e. The molecular formula is C16H13ClN4OS. The summed E-state index contributed by atoms with van der Waals surface area (Å²) in [6, 6.07) is 14.6. The highest BCUT2D eigenvalue weighted by molar-refractivity contribution is 7.80. The van der Waals surface area contributed by atoms with Gasteiger partial charge in [0.2, 0.25) is 11.0 Å². The Kier molecular flexibility index (Phi) is 4.27. The number of para-hydroxylation sites is 1. The number of aryl methyl sites for hydroxylation is 1. The number of azo groups is 1. The topological polar surface area (TPSA) is 61.9 Å². The van der Waals surface area contributed by atoms with E-state index in [1.54, 1.807) is 35.9 Å². The Morgan fingerprint density at radius 2 is 1.87 bits per heavy atom. The van der Waals surface area contributed by atoms with Crippen LogP contribution in [0.2, 0.25) is 5.02 Å². The number of hydrogen-bond acceptors (Lipinski definition) is 3. The number of anilines is 1. The molecule has 5 nitrogen and oxygen atoms in total. The average Bonchev–Trinajstić information content (AvgIpc) is 2.80. The van der Waals surface area contributed by atoms with Crippen LogP contribution in [0.1, 0.15) is 0 Å². The van der Waals surface area contributed by atoms with Crippen molar-refractivity contribution in [1.29, 1.82) is 0 Å². The zero-order chi connectivity index (χ0) is 16.4. The first-order valence-corrected chi connectivity index (χ1v) is 7.59. The van der Waals surface area contributed by atoms with E-state index in [1.165, 1.54) is 0 Å². The van der Waals surface area contributed by atoms with Gasteiger partial charge in [-0.2, -0.15) is 0 Å². The Bertz CT molecular complexity index is 902. The van der Waals surface area contributed by atoms with Crippen molar-refractivity contribution in [3.8, 4) is 5.88 Å². The fourth-order valence-electron chi connectivity index (χ4n) is 2.24. The molecule has 116 valence electrons. The monoisotopic (exact) mass is 344 g/mol. The number of halogens is 1. The fourth-order valence-corrected chi connectivity index (χ4v) is 2.52. The lowest BCUT2D eigenvalue weighted by molar-refractivity contribution is 0.436. The van der Waals surface area contributed by atoms with E-state index in [-0.39, 0.29) is 11.0 Å². The van der Waals surface area contributed by atoms with Gasteiger partial charge in [0.15, 0.2) is 5.69 Å². The van der Waals surface area contributed by atoms with Crippen LogP contribution < -0.4 is 5.32 Å². The predicted octanol–water partition coefficient (Wildman–Crippen LogP) is 5.02. The van der Waals surface area contributed by atoms with Crippen molar-refractivity contribution in [2.75, 3.05) is 5.32 Å². The summed E-state index contributed by atoms with van der Waals surface area (Å²) in [6.07, 6.45) is 0. The van der Waals surface area contributed by atoms with Gasteiger partial charge in [-0.1, -0.05) is 29.8 Å². The van der Waals surface area contributed by atoms with Gasteiger partial charge in [0, 0.05) is 23.1 Å². The van der Waals surface area contributed by atoms with Crippen LogP contribution in [0.15, 0.2) is 58.8 Å². The molecule has 0 amide bonds. The van der Waals surface area contributed by atoms with Crippen LogP contribution in [-0.4, -0.2) is 14.8 Å². The second-order valence-corrected chi connectivity index (χ2v) is 5.71. The number of nitrogens with one attached hydrogen (secondary N) is 1. The van der Waals surface area contributed by atoms with E-state index >= 15 is 0 Å². The van der Waals surface area contributed by atoms with E-state index in [2.05, 4.69) is 15.5 Å². The number of aromatic hydroxyl groups is 1. The van der Waals surface area contributed by atoms with E-state index in [0.29, 0.717) is 10.7 Å². The first kappa shape index (κ1) is 15.5. The third-order valence-electron chi connectivity index (χ3n) is 3.39. The van der Waals surface area contributed by atoms with Crippen LogP contribution in [-0.2, 0) is 7.05 Å². The summed E-state index contributed by atoms with van der Waals surface area (Å²) in [5.41, 5.74) is 2.03. The summed E-state index contributed by atoms with van der Waals surface area (Å²) in [5, 5.41) is 22.8. The maximum absolute atomic E-state index is 10.2. The number of rotatable bonds is 2. The van der Waals surface area contributed by atoms with Crippen LogP contribution in [0, 0.1) is 0 Å². The largest absolute Gasteiger partial charge is 0.493 e. The number of hydrogen-bond donors (Lipinski definition) is 2. The standard InChI is InChI=1S/C16H13ClN4OS/c1-21-13-5-3-2-4-12(13)14(15(21)22)19-20-16(23)18-11-8-6-10(17)7-9-11/h2-9,22H,1H3,(H,18,23). The van der Waals surface area contributed by atoms with E-state index < -0.39 is 0 Å². The fraction of sp³-hybridized carbons (Fsp3) is 0.0625. The molecule has 0 fully saturated rings. The Morgan fingerprint density at radius 3 is 2.61 bits per heavy atom.